The molecule has 1 amide bonds. The van der Waals surface area contributed by atoms with Crippen molar-refractivity contribution in [1.29, 1.82) is 0 Å². The third-order valence-electron chi connectivity index (χ3n) is 5.32. The van der Waals surface area contributed by atoms with Crippen LogP contribution in [-0.4, -0.2) is 28.7 Å². The Hall–Kier alpha value is -1.30. The normalized spacial score (nSPS) is 21.0. The number of nitrogens with zero attached hydrogens (tertiary/aromatic N) is 1. The van der Waals surface area contributed by atoms with E-state index in [0.29, 0.717) is 16.5 Å². The lowest BCUT2D eigenvalue weighted by Crippen LogP contribution is -2.47. The number of carbonyl (C=O) groups is 1. The van der Waals surface area contributed by atoms with E-state index >= 15 is 0 Å². The van der Waals surface area contributed by atoms with E-state index in [1.54, 1.807) is 18.0 Å². The number of rotatable bonds is 2. The largest absolute Gasteiger partial charge is 0.416 e. The van der Waals surface area contributed by atoms with E-state index in [4.69, 9.17) is 0 Å². The van der Waals surface area contributed by atoms with Gasteiger partial charge in [-0.25, -0.2) is 0 Å². The molecule has 0 unspecified atom stereocenters. The molecule has 1 aromatic rings. The zero-order valence-corrected chi connectivity index (χ0v) is 15.0. The number of carbonyl (C=O) groups excluding carboxylic acids is 1. The minimum absolute atomic E-state index is 0.175. The van der Waals surface area contributed by atoms with Gasteiger partial charge in [0, 0.05) is 18.0 Å². The van der Waals surface area contributed by atoms with Crippen molar-refractivity contribution in [2.24, 2.45) is 0 Å². The maximum atomic E-state index is 13.0. The molecule has 1 aliphatic carbocycles. The van der Waals surface area contributed by atoms with Crippen LogP contribution in [0.15, 0.2) is 29.8 Å². The predicted molar refractivity (Wildman–Crippen MR) is 90.7 cm³/mol. The molecule has 1 spiro atoms. The average Bonchev–Trinajstić information content (AvgIpc) is 2.76. The lowest BCUT2D eigenvalue weighted by Gasteiger charge is -2.41. The molecule has 1 fully saturated rings. The molecule has 6 heteroatoms. The van der Waals surface area contributed by atoms with Gasteiger partial charge in [0.15, 0.2) is 0 Å². The number of likely N-dealkylation sites (N-methyl/N-ethyl adjacent to an activating group) is 1. The first-order valence-corrected chi connectivity index (χ1v) is 9.19. The van der Waals surface area contributed by atoms with Gasteiger partial charge in [0.05, 0.1) is 11.1 Å². The Kier molecular flexibility index (Phi) is 4.53. The van der Waals surface area contributed by atoms with Crippen LogP contribution < -0.4 is 0 Å². The molecule has 2 aliphatic rings. The van der Waals surface area contributed by atoms with E-state index in [1.807, 2.05) is 0 Å². The average molecular weight is 402 g/mol. The molecule has 0 bridgehead atoms. The molecule has 0 aromatic heterocycles. The van der Waals surface area contributed by atoms with Crippen molar-refractivity contribution >= 4 is 27.4 Å². The molecule has 0 saturated heterocycles. The lowest BCUT2D eigenvalue weighted by molar-refractivity contribution is -0.137. The summed E-state index contributed by atoms with van der Waals surface area (Å²) >= 11 is 3.48. The number of halogens is 4. The molecule has 1 aliphatic heterocycles. The SMILES string of the molecule is CN1C(=O)C(c2cccc(C(F)(F)F)c2)=C(CBr)C12CCCCC2. The van der Waals surface area contributed by atoms with Crippen LogP contribution in [0.4, 0.5) is 13.2 Å². The Labute approximate surface area is 147 Å². The van der Waals surface area contributed by atoms with Gasteiger partial charge >= 0.3 is 6.18 Å². The number of benzene rings is 1. The van der Waals surface area contributed by atoms with E-state index in [-0.39, 0.29) is 11.4 Å². The predicted octanol–water partition coefficient (Wildman–Crippen LogP) is 5.03. The van der Waals surface area contributed by atoms with Crippen LogP contribution in [0.2, 0.25) is 0 Å². The first-order valence-electron chi connectivity index (χ1n) is 8.06. The summed E-state index contributed by atoms with van der Waals surface area (Å²) in [7, 11) is 1.77. The van der Waals surface area contributed by atoms with E-state index < -0.39 is 11.7 Å². The maximum Gasteiger partial charge on any atom is 0.416 e. The van der Waals surface area contributed by atoms with Gasteiger partial charge in [0.2, 0.25) is 0 Å². The number of alkyl halides is 4. The van der Waals surface area contributed by atoms with E-state index in [1.165, 1.54) is 6.07 Å². The molecular formula is C18H19BrF3NO. The third-order valence-corrected chi connectivity index (χ3v) is 5.88. The summed E-state index contributed by atoms with van der Waals surface area (Å²) in [5.41, 5.74) is 0.652. The highest BCUT2D eigenvalue weighted by atomic mass is 79.9. The zero-order chi connectivity index (χ0) is 17.5. The molecule has 1 aromatic carbocycles. The van der Waals surface area contributed by atoms with Crippen LogP contribution in [-0.2, 0) is 11.0 Å². The van der Waals surface area contributed by atoms with Crippen molar-refractivity contribution in [2.75, 3.05) is 12.4 Å². The highest BCUT2D eigenvalue weighted by molar-refractivity contribution is 9.09. The highest BCUT2D eigenvalue weighted by Gasteiger charge is 2.49. The number of hydrogen-bond donors (Lipinski definition) is 0. The topological polar surface area (TPSA) is 20.3 Å². The van der Waals surface area contributed by atoms with Gasteiger partial charge in [0.25, 0.3) is 5.91 Å². The Balaban J connectivity index is 2.14. The van der Waals surface area contributed by atoms with Crippen LogP contribution in [0.1, 0.15) is 43.2 Å². The van der Waals surface area contributed by atoms with Crippen molar-refractivity contribution in [3.05, 3.63) is 41.0 Å². The molecule has 1 heterocycles. The quantitative estimate of drug-likeness (QED) is 0.636. The lowest BCUT2D eigenvalue weighted by atomic mass is 9.76. The summed E-state index contributed by atoms with van der Waals surface area (Å²) in [6.45, 7) is 0. The zero-order valence-electron chi connectivity index (χ0n) is 13.4. The van der Waals surface area contributed by atoms with Crippen LogP contribution in [0, 0.1) is 0 Å². The van der Waals surface area contributed by atoms with Crippen LogP contribution in [0.3, 0.4) is 0 Å². The summed E-state index contributed by atoms with van der Waals surface area (Å²) in [4.78, 5) is 14.6. The first-order chi connectivity index (χ1) is 11.3. The molecule has 24 heavy (non-hydrogen) atoms. The van der Waals surface area contributed by atoms with Crippen LogP contribution in [0.5, 0.6) is 0 Å². The summed E-state index contributed by atoms with van der Waals surface area (Å²) in [5, 5.41) is 0.495. The fourth-order valence-corrected chi connectivity index (χ4v) is 4.84. The van der Waals surface area contributed by atoms with Crippen molar-refractivity contribution in [2.45, 2.75) is 43.8 Å². The van der Waals surface area contributed by atoms with Gasteiger partial charge in [-0.1, -0.05) is 47.3 Å². The first kappa shape index (κ1) is 17.5. The van der Waals surface area contributed by atoms with Crippen LogP contribution >= 0.6 is 15.9 Å². The summed E-state index contributed by atoms with van der Waals surface area (Å²) in [6, 6.07) is 5.10. The van der Waals surface area contributed by atoms with Gasteiger partial charge in [-0.15, -0.1) is 0 Å². The molecule has 2 nitrogen and oxygen atoms in total. The van der Waals surface area contributed by atoms with E-state index in [0.717, 1.165) is 49.8 Å². The molecule has 3 rings (SSSR count). The van der Waals surface area contributed by atoms with Crippen molar-refractivity contribution in [3.8, 4) is 0 Å². The van der Waals surface area contributed by atoms with Crippen LogP contribution in [0.25, 0.3) is 5.57 Å². The number of amides is 1. The van der Waals surface area contributed by atoms with E-state index in [9.17, 15) is 18.0 Å². The third kappa shape index (κ3) is 2.68. The second-order valence-corrected chi connectivity index (χ2v) is 7.08. The second-order valence-electron chi connectivity index (χ2n) is 6.52. The highest BCUT2D eigenvalue weighted by Crippen LogP contribution is 2.48. The smallest absolute Gasteiger partial charge is 0.332 e. The molecule has 1 saturated carbocycles. The molecule has 0 radical (unpaired) electrons. The fraction of sp³-hybridized carbons (Fsp3) is 0.500. The van der Waals surface area contributed by atoms with E-state index in [2.05, 4.69) is 15.9 Å². The van der Waals surface area contributed by atoms with Gasteiger partial charge in [-0.3, -0.25) is 4.79 Å². The molecular weight excluding hydrogens is 383 g/mol. The molecule has 0 atom stereocenters. The summed E-state index contributed by atoms with van der Waals surface area (Å²) in [6.07, 6.45) is 0.532. The Morgan fingerprint density at radius 1 is 1.21 bits per heavy atom. The molecule has 0 N–H and O–H groups in total. The number of hydrogen-bond acceptors (Lipinski definition) is 1. The van der Waals surface area contributed by atoms with Gasteiger partial charge in [-0.2, -0.15) is 13.2 Å². The van der Waals surface area contributed by atoms with Gasteiger partial charge in [0.1, 0.15) is 0 Å². The van der Waals surface area contributed by atoms with Gasteiger partial charge in [-0.05, 0) is 36.1 Å². The summed E-state index contributed by atoms with van der Waals surface area (Å²) in [5.74, 6) is -0.175. The maximum absolute atomic E-state index is 13.0. The monoisotopic (exact) mass is 401 g/mol. The minimum Gasteiger partial charge on any atom is -0.332 e. The minimum atomic E-state index is -4.42. The van der Waals surface area contributed by atoms with Crippen molar-refractivity contribution < 1.29 is 18.0 Å². The van der Waals surface area contributed by atoms with Gasteiger partial charge < -0.3 is 4.90 Å². The second kappa shape index (κ2) is 6.21. The summed E-state index contributed by atoms with van der Waals surface area (Å²) < 4.78 is 39.1. The van der Waals surface area contributed by atoms with Crippen molar-refractivity contribution in [3.63, 3.8) is 0 Å². The van der Waals surface area contributed by atoms with Crippen molar-refractivity contribution in [1.82, 2.24) is 4.90 Å². The fourth-order valence-electron chi connectivity index (χ4n) is 4.04. The standard InChI is InChI=1S/C18H19BrF3NO/c1-23-16(24)15(12-6-5-7-13(10-12)18(20,21)22)14(11-19)17(23)8-3-2-4-9-17/h5-7,10H,2-4,8-9,11H2,1H3. The molecule has 130 valence electrons. The Bertz CT molecular complexity index is 690. The Morgan fingerprint density at radius 3 is 2.46 bits per heavy atom. The Morgan fingerprint density at radius 2 is 1.88 bits per heavy atom.